The van der Waals surface area contributed by atoms with Crippen molar-refractivity contribution >= 4 is 53.4 Å². The molecule has 1 aromatic rings. The van der Waals surface area contributed by atoms with Crippen LogP contribution in [0.1, 0.15) is 131 Å². The molecule has 0 aromatic heterocycles. The fraction of sp³-hybridized carbons (Fsp3) is 0.698. The summed E-state index contributed by atoms with van der Waals surface area (Å²) >= 11 is 0. The molecule has 4 N–H and O–H groups in total. The van der Waals surface area contributed by atoms with Gasteiger partial charge in [0.05, 0.1) is 49.2 Å². The van der Waals surface area contributed by atoms with E-state index in [9.17, 15) is 38.4 Å². The predicted molar refractivity (Wildman–Crippen MR) is 273 cm³/mol. The molecule has 1 saturated carbocycles. The second-order valence-electron chi connectivity index (χ2n) is 19.5. The minimum atomic E-state index is -0.898. The van der Waals surface area contributed by atoms with E-state index < -0.39 is 48.1 Å². The normalized spacial score (nSPS) is 20.9. The maximum atomic E-state index is 14.2. The van der Waals surface area contributed by atoms with E-state index in [-0.39, 0.29) is 54.5 Å². The summed E-state index contributed by atoms with van der Waals surface area (Å²) in [4.78, 5) is 110. The number of imide groups is 1. The van der Waals surface area contributed by atoms with Gasteiger partial charge in [-0.15, -0.1) is 0 Å². The molecule has 10 atom stereocenters. The van der Waals surface area contributed by atoms with Crippen LogP contribution < -0.4 is 21.3 Å². The monoisotopic (exact) mass is 995 g/mol. The standard InChI is InChI=1S/C50H78N8O10.C3H8/c1-10-16-42(61)57(31-59)25-14-12-13-18-41(60)51-29-35-19-22-37(23-20-35)54-49(65)34(5)53-48(64)33(4)47(68-9)39-17-15-26-58(39)43(62)28-40(67-8)45(32(3)11-2)56(7)44(63)30-52-50(66)46-36-21-24-38(27-36)55(46)6;1-3-2/h10,16,19-20,22-23,31-34,36,38-40,45-47H,11-15,17-18,21,24-30H2,1-9H3,(H,51,60)(H,52,66)(H,53,64)(H,54,65);3H2,1-2H3/b16-10-;/t32?,33?,34-,36?,38?,39?,40?,45?,46?,47?;/m0./s1. The molecule has 2 bridgehead atoms. The van der Waals surface area contributed by atoms with E-state index in [2.05, 4.69) is 40.0 Å². The zero-order valence-corrected chi connectivity index (χ0v) is 44.5. The van der Waals surface area contributed by atoms with E-state index in [1.165, 1.54) is 26.7 Å². The second-order valence-corrected chi connectivity index (χ2v) is 19.5. The van der Waals surface area contributed by atoms with Gasteiger partial charge in [0, 0.05) is 59.1 Å². The van der Waals surface area contributed by atoms with Gasteiger partial charge >= 0.3 is 0 Å². The molecule has 0 radical (unpaired) electrons. The van der Waals surface area contributed by atoms with Crippen molar-refractivity contribution in [3.63, 3.8) is 0 Å². The quantitative estimate of drug-likeness (QED) is 0.0534. The number of fused-ring (bicyclic) bond motifs is 2. The number of likely N-dealkylation sites (tertiary alicyclic amines) is 2. The first-order chi connectivity index (χ1) is 33.9. The number of hydrogen-bond acceptors (Lipinski definition) is 11. The Labute approximate surface area is 423 Å². The fourth-order valence-corrected chi connectivity index (χ4v) is 10.2. The first-order valence-corrected chi connectivity index (χ1v) is 25.9. The summed E-state index contributed by atoms with van der Waals surface area (Å²) in [6.45, 7) is 14.2. The lowest BCUT2D eigenvalue weighted by Gasteiger charge is -2.39. The van der Waals surface area contributed by atoms with Gasteiger partial charge in [-0.2, -0.15) is 0 Å². The van der Waals surface area contributed by atoms with Gasteiger partial charge in [-0.3, -0.25) is 48.2 Å². The minimum Gasteiger partial charge on any atom is -0.379 e. The Balaban J connectivity index is 0.00000432. The maximum absolute atomic E-state index is 14.2. The van der Waals surface area contributed by atoms with E-state index in [4.69, 9.17) is 9.47 Å². The Kier molecular flexibility index (Phi) is 25.9. The van der Waals surface area contributed by atoms with E-state index in [1.807, 2.05) is 20.9 Å². The lowest BCUT2D eigenvalue weighted by molar-refractivity contribution is -0.146. The molecular weight excluding hydrogens is 909 g/mol. The van der Waals surface area contributed by atoms with Gasteiger partial charge in [-0.05, 0) is 101 Å². The fourth-order valence-electron chi connectivity index (χ4n) is 10.2. The molecule has 2 aliphatic heterocycles. The number of amides is 8. The molecule has 18 heteroatoms. The summed E-state index contributed by atoms with van der Waals surface area (Å²) in [6, 6.07) is 5.44. The molecule has 1 aliphatic carbocycles. The van der Waals surface area contributed by atoms with Crippen LogP contribution in [0.4, 0.5) is 5.69 Å². The van der Waals surface area contributed by atoms with Crippen LogP contribution in [0.5, 0.6) is 0 Å². The Morgan fingerprint density at radius 3 is 2.18 bits per heavy atom. The molecule has 4 rings (SSSR count). The molecule has 71 heavy (non-hydrogen) atoms. The largest absolute Gasteiger partial charge is 0.379 e. The second kappa shape index (κ2) is 30.6. The van der Waals surface area contributed by atoms with Crippen molar-refractivity contribution in [1.82, 2.24) is 35.6 Å². The zero-order valence-electron chi connectivity index (χ0n) is 44.5. The molecule has 9 unspecified atom stereocenters. The summed E-state index contributed by atoms with van der Waals surface area (Å²) in [6.07, 6.45) is 10.8. The van der Waals surface area contributed by atoms with Gasteiger partial charge in [0.2, 0.25) is 41.9 Å². The number of benzene rings is 1. The van der Waals surface area contributed by atoms with Crippen molar-refractivity contribution in [2.45, 2.75) is 174 Å². The first kappa shape index (κ1) is 60.1. The van der Waals surface area contributed by atoms with Crippen molar-refractivity contribution in [1.29, 1.82) is 0 Å². The molecule has 398 valence electrons. The number of carbonyl (C=O) groups excluding carboxylic acids is 8. The van der Waals surface area contributed by atoms with Crippen LogP contribution in [0, 0.1) is 17.8 Å². The molecule has 8 amide bonds. The number of hydrogen-bond donors (Lipinski definition) is 4. The number of allylic oxidation sites excluding steroid dienone is 1. The van der Waals surface area contributed by atoms with Gasteiger partial charge < -0.3 is 40.5 Å². The highest BCUT2D eigenvalue weighted by Gasteiger charge is 2.47. The van der Waals surface area contributed by atoms with Gasteiger partial charge in [0.15, 0.2) is 0 Å². The third-order valence-electron chi connectivity index (χ3n) is 14.4. The summed E-state index contributed by atoms with van der Waals surface area (Å²) < 4.78 is 11.9. The number of ether oxygens (including phenoxy) is 2. The molecule has 1 aromatic carbocycles. The number of nitrogens with one attached hydrogen (secondary N) is 4. The van der Waals surface area contributed by atoms with Crippen LogP contribution in [0.25, 0.3) is 0 Å². The van der Waals surface area contributed by atoms with Crippen molar-refractivity contribution in [3.05, 3.63) is 42.0 Å². The van der Waals surface area contributed by atoms with Crippen molar-refractivity contribution in [2.24, 2.45) is 17.8 Å². The highest BCUT2D eigenvalue weighted by atomic mass is 16.5. The van der Waals surface area contributed by atoms with Crippen molar-refractivity contribution < 1.29 is 47.8 Å². The van der Waals surface area contributed by atoms with Crippen LogP contribution in [-0.4, -0.2) is 158 Å². The summed E-state index contributed by atoms with van der Waals surface area (Å²) in [7, 11) is 6.73. The number of methoxy groups -OCH3 is 2. The number of nitrogens with zero attached hydrogens (tertiary/aromatic N) is 4. The molecule has 0 spiro atoms. The van der Waals surface area contributed by atoms with Gasteiger partial charge in [0.25, 0.3) is 5.91 Å². The number of rotatable bonds is 27. The Bertz CT molecular complexity index is 1930. The summed E-state index contributed by atoms with van der Waals surface area (Å²) in [5.74, 6) is -2.31. The topological polar surface area (TPSA) is 216 Å². The Morgan fingerprint density at radius 1 is 0.901 bits per heavy atom. The molecule has 3 fully saturated rings. The lowest BCUT2D eigenvalue weighted by Crippen LogP contribution is -2.55. The van der Waals surface area contributed by atoms with E-state index >= 15 is 0 Å². The van der Waals surface area contributed by atoms with Crippen LogP contribution in [-0.2, 0) is 54.4 Å². The van der Waals surface area contributed by atoms with E-state index in [0.717, 1.165) is 36.1 Å². The summed E-state index contributed by atoms with van der Waals surface area (Å²) in [5, 5.41) is 11.4. The first-order valence-electron chi connectivity index (χ1n) is 25.9. The number of carbonyl (C=O) groups is 8. The minimum absolute atomic E-state index is 0.000671. The lowest BCUT2D eigenvalue weighted by atomic mass is 9.90. The predicted octanol–water partition coefficient (Wildman–Crippen LogP) is 4.80. The highest BCUT2D eigenvalue weighted by Crippen LogP contribution is 2.41. The average Bonchev–Trinajstić information content (AvgIpc) is 4.12. The summed E-state index contributed by atoms with van der Waals surface area (Å²) in [5.41, 5.74) is 1.34. The highest BCUT2D eigenvalue weighted by molar-refractivity contribution is 5.97. The van der Waals surface area contributed by atoms with Gasteiger partial charge in [0.1, 0.15) is 6.04 Å². The Morgan fingerprint density at radius 2 is 1.59 bits per heavy atom. The number of likely N-dealkylation sites (N-methyl/N-ethyl adjacent to an activating group) is 2. The van der Waals surface area contributed by atoms with E-state index in [1.54, 1.807) is 68.0 Å². The van der Waals surface area contributed by atoms with Gasteiger partial charge in [-0.25, -0.2) is 0 Å². The van der Waals surface area contributed by atoms with E-state index in [0.29, 0.717) is 82.2 Å². The molecule has 2 saturated heterocycles. The molecule has 2 heterocycles. The third-order valence-corrected chi connectivity index (χ3v) is 14.4. The van der Waals surface area contributed by atoms with Crippen LogP contribution >= 0.6 is 0 Å². The third kappa shape index (κ3) is 17.5. The van der Waals surface area contributed by atoms with Crippen LogP contribution in [0.2, 0.25) is 0 Å². The maximum Gasteiger partial charge on any atom is 0.252 e. The number of anilines is 1. The smallest absolute Gasteiger partial charge is 0.252 e. The van der Waals surface area contributed by atoms with Crippen molar-refractivity contribution in [2.75, 3.05) is 53.3 Å². The Hall–Kier alpha value is -5.20. The molecule has 18 nitrogen and oxygen atoms in total. The van der Waals surface area contributed by atoms with Crippen LogP contribution in [0.15, 0.2) is 36.4 Å². The average molecular weight is 995 g/mol. The molecular formula is C53H86N8O10. The molecule has 3 aliphatic rings. The van der Waals surface area contributed by atoms with Crippen LogP contribution in [0.3, 0.4) is 0 Å². The SMILES string of the molecule is C/C=C\C(=O)N(C=O)CCCCCC(=O)NCc1ccc(NC(=O)[C@H](C)NC(=O)C(C)C(OC)C2CCCN2C(=O)CC(OC)C(C(C)CC)N(C)C(=O)CNC(=O)C2C3CCC(C3)N2C)cc1.CCC. The van der Waals surface area contributed by atoms with Gasteiger partial charge in [-0.1, -0.05) is 72.1 Å². The number of piperidine rings is 1. The zero-order chi connectivity index (χ0) is 52.8. The van der Waals surface area contributed by atoms with Crippen molar-refractivity contribution in [3.8, 4) is 0 Å². The number of unbranched alkanes of at least 4 members (excludes halogenated alkanes) is 2.